The summed E-state index contributed by atoms with van der Waals surface area (Å²) in [7, 11) is 0. The van der Waals surface area contributed by atoms with Gasteiger partial charge >= 0.3 is 6.18 Å². The van der Waals surface area contributed by atoms with Crippen LogP contribution in [0.3, 0.4) is 0 Å². The van der Waals surface area contributed by atoms with E-state index in [1.165, 1.54) is 12.4 Å². The number of hydrogen-bond acceptors (Lipinski definition) is 7. The van der Waals surface area contributed by atoms with E-state index in [4.69, 9.17) is 9.47 Å². The summed E-state index contributed by atoms with van der Waals surface area (Å²) in [6.45, 7) is 2.56. The maximum Gasteiger partial charge on any atom is 0.451 e. The third-order valence-corrected chi connectivity index (χ3v) is 5.15. The molecule has 160 valence electrons. The van der Waals surface area contributed by atoms with Crippen molar-refractivity contribution in [2.75, 3.05) is 39.5 Å². The minimum atomic E-state index is -4.61. The first-order valence-corrected chi connectivity index (χ1v) is 9.50. The number of carbonyl (C=O) groups excluding carboxylic acids is 1. The minimum Gasteiger partial charge on any atom is -0.476 e. The Kier molecular flexibility index (Phi) is 5.82. The number of nitrogens with zero attached hydrogens (tertiary/aromatic N) is 4. The fourth-order valence-corrected chi connectivity index (χ4v) is 3.58. The number of aromatic nitrogens is 3. The SMILES string of the molecule is O=C(NC[C@H](c1cnc(C(F)(F)F)nc1)N1CCOCC1)[C@@H]1COc2ncccc21. The van der Waals surface area contributed by atoms with E-state index in [-0.39, 0.29) is 25.1 Å². The van der Waals surface area contributed by atoms with Crippen LogP contribution in [0.25, 0.3) is 0 Å². The maximum absolute atomic E-state index is 12.8. The Morgan fingerprint density at radius 1 is 1.23 bits per heavy atom. The van der Waals surface area contributed by atoms with Gasteiger partial charge in [-0.25, -0.2) is 15.0 Å². The Hall–Kier alpha value is -2.79. The minimum absolute atomic E-state index is 0.194. The molecule has 2 aliphatic rings. The number of morpholine rings is 1. The van der Waals surface area contributed by atoms with Crippen molar-refractivity contribution in [3.8, 4) is 5.88 Å². The summed E-state index contributed by atoms with van der Waals surface area (Å²) in [5, 5.41) is 2.90. The molecule has 30 heavy (non-hydrogen) atoms. The van der Waals surface area contributed by atoms with Crippen LogP contribution < -0.4 is 10.1 Å². The topological polar surface area (TPSA) is 89.5 Å². The molecular weight excluding hydrogens is 403 g/mol. The number of carbonyl (C=O) groups is 1. The fraction of sp³-hybridized carbons (Fsp3) is 0.474. The maximum atomic E-state index is 12.8. The average molecular weight is 423 g/mol. The lowest BCUT2D eigenvalue weighted by atomic mass is 10.0. The molecule has 11 heteroatoms. The van der Waals surface area contributed by atoms with Gasteiger partial charge in [0.05, 0.1) is 19.3 Å². The van der Waals surface area contributed by atoms with Gasteiger partial charge in [0.2, 0.25) is 17.6 Å². The highest BCUT2D eigenvalue weighted by Crippen LogP contribution is 2.32. The number of ether oxygens (including phenoxy) is 2. The molecule has 1 saturated heterocycles. The quantitative estimate of drug-likeness (QED) is 0.781. The summed E-state index contributed by atoms with van der Waals surface area (Å²) in [6.07, 6.45) is -0.677. The van der Waals surface area contributed by atoms with Crippen molar-refractivity contribution in [3.05, 3.63) is 47.7 Å². The van der Waals surface area contributed by atoms with Crippen LogP contribution in [0.5, 0.6) is 5.88 Å². The van der Waals surface area contributed by atoms with Gasteiger partial charge in [-0.2, -0.15) is 13.2 Å². The first-order valence-electron chi connectivity index (χ1n) is 9.50. The average Bonchev–Trinajstić information content (AvgIpc) is 3.18. The van der Waals surface area contributed by atoms with Gasteiger partial charge in [-0.15, -0.1) is 0 Å². The zero-order valence-electron chi connectivity index (χ0n) is 15.9. The van der Waals surface area contributed by atoms with Crippen molar-refractivity contribution in [2.45, 2.75) is 18.1 Å². The van der Waals surface area contributed by atoms with E-state index in [0.29, 0.717) is 37.7 Å². The van der Waals surface area contributed by atoms with Gasteiger partial charge in [0, 0.05) is 49.4 Å². The Labute approximate surface area is 170 Å². The third-order valence-electron chi connectivity index (χ3n) is 5.15. The highest BCUT2D eigenvalue weighted by atomic mass is 19.4. The van der Waals surface area contributed by atoms with E-state index in [9.17, 15) is 18.0 Å². The Balaban J connectivity index is 1.49. The normalized spacial score (nSPS) is 20.3. The van der Waals surface area contributed by atoms with Crippen molar-refractivity contribution in [3.63, 3.8) is 0 Å². The van der Waals surface area contributed by atoms with Crippen LogP contribution in [0.2, 0.25) is 0 Å². The van der Waals surface area contributed by atoms with Crippen molar-refractivity contribution < 1.29 is 27.4 Å². The zero-order chi connectivity index (χ0) is 21.1. The Morgan fingerprint density at radius 2 is 1.97 bits per heavy atom. The molecule has 1 N–H and O–H groups in total. The predicted molar refractivity (Wildman–Crippen MR) is 97.6 cm³/mol. The van der Waals surface area contributed by atoms with Crippen LogP contribution in [0, 0.1) is 0 Å². The van der Waals surface area contributed by atoms with Gasteiger partial charge in [-0.05, 0) is 6.07 Å². The number of rotatable bonds is 5. The van der Waals surface area contributed by atoms with E-state index >= 15 is 0 Å². The molecule has 1 amide bonds. The van der Waals surface area contributed by atoms with E-state index in [1.807, 2.05) is 4.90 Å². The van der Waals surface area contributed by atoms with Crippen LogP contribution >= 0.6 is 0 Å². The first kappa shape index (κ1) is 20.5. The first-order chi connectivity index (χ1) is 14.4. The van der Waals surface area contributed by atoms with Crippen molar-refractivity contribution in [1.82, 2.24) is 25.2 Å². The predicted octanol–water partition coefficient (Wildman–Crippen LogP) is 1.56. The summed E-state index contributed by atoms with van der Waals surface area (Å²) in [6, 6.07) is 3.16. The van der Waals surface area contributed by atoms with Gasteiger partial charge in [0.15, 0.2) is 0 Å². The number of pyridine rings is 1. The summed E-state index contributed by atoms with van der Waals surface area (Å²) in [5.74, 6) is -1.46. The Bertz CT molecular complexity index is 888. The van der Waals surface area contributed by atoms with Crippen LogP contribution in [-0.4, -0.2) is 65.2 Å². The molecule has 0 unspecified atom stereocenters. The molecule has 0 saturated carbocycles. The highest BCUT2D eigenvalue weighted by Gasteiger charge is 2.35. The number of hydrogen-bond donors (Lipinski definition) is 1. The smallest absolute Gasteiger partial charge is 0.451 e. The Morgan fingerprint density at radius 3 is 2.67 bits per heavy atom. The summed E-state index contributed by atoms with van der Waals surface area (Å²) in [4.78, 5) is 25.8. The molecule has 0 spiro atoms. The molecule has 0 radical (unpaired) electrons. The monoisotopic (exact) mass is 423 g/mol. The summed E-state index contributed by atoms with van der Waals surface area (Å²) in [5.41, 5.74) is 1.21. The fourth-order valence-electron chi connectivity index (χ4n) is 3.58. The number of alkyl halides is 3. The second-order valence-electron chi connectivity index (χ2n) is 7.01. The summed E-state index contributed by atoms with van der Waals surface area (Å²) < 4.78 is 49.2. The van der Waals surface area contributed by atoms with Gasteiger partial charge < -0.3 is 14.8 Å². The second kappa shape index (κ2) is 8.52. The lowest BCUT2D eigenvalue weighted by Gasteiger charge is -2.34. The molecule has 0 bridgehead atoms. The van der Waals surface area contributed by atoms with Crippen LogP contribution in [0.15, 0.2) is 30.7 Å². The second-order valence-corrected chi connectivity index (χ2v) is 7.01. The van der Waals surface area contributed by atoms with Crippen LogP contribution in [0.1, 0.15) is 28.9 Å². The molecule has 0 aliphatic carbocycles. The van der Waals surface area contributed by atoms with E-state index in [0.717, 1.165) is 5.56 Å². The van der Waals surface area contributed by atoms with E-state index in [1.54, 1.807) is 18.3 Å². The van der Waals surface area contributed by atoms with Crippen molar-refractivity contribution >= 4 is 5.91 Å². The van der Waals surface area contributed by atoms with Crippen molar-refractivity contribution in [1.29, 1.82) is 0 Å². The lowest BCUT2D eigenvalue weighted by molar-refractivity contribution is -0.145. The molecule has 2 aromatic rings. The largest absolute Gasteiger partial charge is 0.476 e. The van der Waals surface area contributed by atoms with Gasteiger partial charge in [0.25, 0.3) is 0 Å². The van der Waals surface area contributed by atoms with Gasteiger partial charge in [0.1, 0.15) is 12.5 Å². The molecule has 0 aromatic carbocycles. The van der Waals surface area contributed by atoms with E-state index in [2.05, 4.69) is 20.3 Å². The molecule has 2 aromatic heterocycles. The highest BCUT2D eigenvalue weighted by molar-refractivity contribution is 5.85. The number of fused-ring (bicyclic) bond motifs is 1. The van der Waals surface area contributed by atoms with Gasteiger partial charge in [-0.3, -0.25) is 9.69 Å². The number of amides is 1. The van der Waals surface area contributed by atoms with Gasteiger partial charge in [-0.1, -0.05) is 6.07 Å². The number of nitrogens with one attached hydrogen (secondary N) is 1. The number of halogens is 3. The molecule has 2 aliphatic heterocycles. The molecule has 8 nitrogen and oxygen atoms in total. The van der Waals surface area contributed by atoms with Crippen LogP contribution in [-0.2, 0) is 15.7 Å². The lowest BCUT2D eigenvalue weighted by Crippen LogP contribution is -2.44. The standard InChI is InChI=1S/C19H20F3N5O3/c20-19(21,22)18-25-8-12(9-26-18)15(27-4-6-29-7-5-27)10-24-16(28)14-11-30-17-13(14)2-1-3-23-17/h1-3,8-9,14-15H,4-7,10-11H2,(H,24,28)/t14-,15-/m1/s1. The van der Waals surface area contributed by atoms with Crippen LogP contribution in [0.4, 0.5) is 13.2 Å². The third kappa shape index (κ3) is 4.36. The molecule has 4 heterocycles. The molecular formula is C19H20F3N5O3. The summed E-state index contributed by atoms with van der Waals surface area (Å²) >= 11 is 0. The van der Waals surface area contributed by atoms with Crippen molar-refractivity contribution in [2.24, 2.45) is 0 Å². The zero-order valence-corrected chi connectivity index (χ0v) is 15.9. The molecule has 4 rings (SSSR count). The molecule has 1 fully saturated rings. The van der Waals surface area contributed by atoms with E-state index < -0.39 is 17.9 Å². The molecule has 2 atom stereocenters.